The molecule has 0 spiro atoms. The Balaban J connectivity index is 1.61. The molecule has 1 aromatic carbocycles. The zero-order valence-corrected chi connectivity index (χ0v) is 16.6. The van der Waals surface area contributed by atoms with Gasteiger partial charge in [0.15, 0.2) is 0 Å². The molecule has 0 bridgehead atoms. The van der Waals surface area contributed by atoms with Gasteiger partial charge in [0.2, 0.25) is 11.8 Å². The molecule has 0 aromatic heterocycles. The number of hydrogen-bond donors (Lipinski definition) is 0. The first-order chi connectivity index (χ1) is 13.1. The lowest BCUT2D eigenvalue weighted by Crippen LogP contribution is -2.52. The van der Waals surface area contributed by atoms with Crippen LogP contribution >= 0.6 is 11.8 Å². The monoisotopic (exact) mass is 412 g/mol. The molecule has 1 saturated carbocycles. The van der Waals surface area contributed by atoms with Gasteiger partial charge in [-0.15, -0.1) is 11.8 Å². The minimum atomic E-state index is -4.42. The first-order valence-electron chi connectivity index (χ1n) is 9.57. The number of hydrogen-bond acceptors (Lipinski definition) is 3. The lowest BCUT2D eigenvalue weighted by molar-refractivity contribution is -0.145. The van der Waals surface area contributed by atoms with Crippen LogP contribution in [0.2, 0.25) is 0 Å². The summed E-state index contributed by atoms with van der Waals surface area (Å²) >= 11 is 1.63. The summed E-state index contributed by atoms with van der Waals surface area (Å²) in [5.41, 5.74) is -0.241. The van der Waals surface area contributed by atoms with Crippen LogP contribution in [0.3, 0.4) is 0 Å². The smallest absolute Gasteiger partial charge is 0.331 e. The van der Waals surface area contributed by atoms with E-state index in [2.05, 4.69) is 0 Å². The molecule has 3 fully saturated rings. The summed E-state index contributed by atoms with van der Waals surface area (Å²) in [4.78, 5) is 28.9. The van der Waals surface area contributed by atoms with Crippen molar-refractivity contribution in [3.63, 3.8) is 0 Å². The molecule has 2 amide bonds. The Morgan fingerprint density at radius 2 is 2.07 bits per heavy atom. The summed E-state index contributed by atoms with van der Waals surface area (Å²) in [6.07, 6.45) is -1.55. The van der Waals surface area contributed by atoms with E-state index in [1.165, 1.54) is 6.07 Å². The van der Waals surface area contributed by atoms with Crippen molar-refractivity contribution in [3.05, 3.63) is 35.4 Å². The minimum Gasteiger partial charge on any atom is -0.331 e. The van der Waals surface area contributed by atoms with Crippen LogP contribution in [0.1, 0.15) is 56.7 Å². The van der Waals surface area contributed by atoms with Gasteiger partial charge in [0.05, 0.1) is 16.5 Å². The highest BCUT2D eigenvalue weighted by molar-refractivity contribution is 8.01. The molecule has 0 N–H and O–H groups in total. The number of nitrogens with zero attached hydrogens (tertiary/aromatic N) is 2. The molecule has 152 valence electrons. The highest BCUT2D eigenvalue weighted by atomic mass is 32.2. The van der Waals surface area contributed by atoms with Crippen molar-refractivity contribution in [2.45, 2.75) is 68.7 Å². The molecule has 28 heavy (non-hydrogen) atoms. The fraction of sp³-hybridized carbons (Fsp3) is 0.600. The number of alkyl halides is 3. The third kappa shape index (κ3) is 3.29. The second-order valence-electron chi connectivity index (χ2n) is 8.04. The highest BCUT2D eigenvalue weighted by Crippen LogP contribution is 2.48. The number of fused-ring (bicyclic) bond motifs is 1. The molecular weight excluding hydrogens is 389 g/mol. The van der Waals surface area contributed by atoms with E-state index in [0.29, 0.717) is 17.7 Å². The van der Waals surface area contributed by atoms with E-state index in [4.69, 9.17) is 0 Å². The van der Waals surface area contributed by atoms with Crippen LogP contribution in [0, 0.1) is 0 Å². The summed E-state index contributed by atoms with van der Waals surface area (Å²) in [6.45, 7) is 3.77. The normalized spacial score (nSPS) is 28.4. The van der Waals surface area contributed by atoms with E-state index in [-0.39, 0.29) is 22.7 Å². The lowest BCUT2D eigenvalue weighted by Gasteiger charge is -2.36. The number of carbonyl (C=O) groups excluding carboxylic acids is 2. The summed E-state index contributed by atoms with van der Waals surface area (Å²) in [7, 11) is 0. The largest absolute Gasteiger partial charge is 0.416 e. The van der Waals surface area contributed by atoms with Crippen molar-refractivity contribution in [2.24, 2.45) is 0 Å². The topological polar surface area (TPSA) is 40.6 Å². The molecule has 1 aliphatic carbocycles. The number of carbonyl (C=O) groups is 2. The van der Waals surface area contributed by atoms with E-state index in [9.17, 15) is 22.8 Å². The molecule has 3 aliphatic rings. The molecule has 3 atom stereocenters. The van der Waals surface area contributed by atoms with Crippen molar-refractivity contribution in [1.82, 2.24) is 9.80 Å². The molecule has 3 unspecified atom stereocenters. The van der Waals surface area contributed by atoms with Crippen LogP contribution in [-0.4, -0.2) is 44.3 Å². The van der Waals surface area contributed by atoms with Gasteiger partial charge in [0.1, 0.15) is 6.04 Å². The molecule has 1 aromatic rings. The highest BCUT2D eigenvalue weighted by Gasteiger charge is 2.55. The Morgan fingerprint density at radius 3 is 2.71 bits per heavy atom. The Labute approximate surface area is 166 Å². The molecule has 0 radical (unpaired) electrons. The van der Waals surface area contributed by atoms with Crippen LogP contribution in [-0.2, 0) is 15.8 Å². The number of amides is 2. The lowest BCUT2D eigenvalue weighted by atomic mass is 10.0. The van der Waals surface area contributed by atoms with Gasteiger partial charge < -0.3 is 9.80 Å². The maximum Gasteiger partial charge on any atom is 0.416 e. The molecule has 2 saturated heterocycles. The van der Waals surface area contributed by atoms with Gasteiger partial charge >= 0.3 is 6.18 Å². The Hall–Kier alpha value is -1.70. The average Bonchev–Trinajstić information content (AvgIpc) is 3.34. The molecular formula is C20H23F3N2O2S. The van der Waals surface area contributed by atoms with Gasteiger partial charge in [-0.3, -0.25) is 9.59 Å². The summed E-state index contributed by atoms with van der Waals surface area (Å²) in [5.74, 6) is 0.395. The molecule has 2 heterocycles. The first kappa shape index (κ1) is 19.6. The zero-order valence-electron chi connectivity index (χ0n) is 15.8. The Bertz CT molecular complexity index is 811. The van der Waals surface area contributed by atoms with Gasteiger partial charge in [-0.05, 0) is 50.8 Å². The van der Waals surface area contributed by atoms with E-state index >= 15 is 0 Å². The number of rotatable bonds is 4. The Kier molecular flexibility index (Phi) is 4.68. The van der Waals surface area contributed by atoms with Crippen molar-refractivity contribution < 1.29 is 22.8 Å². The van der Waals surface area contributed by atoms with Crippen LogP contribution in [0.15, 0.2) is 24.3 Å². The molecule has 8 heteroatoms. The second kappa shape index (κ2) is 6.68. The third-order valence-electron chi connectivity index (χ3n) is 6.04. The predicted molar refractivity (Wildman–Crippen MR) is 100 cm³/mol. The maximum absolute atomic E-state index is 13.5. The summed E-state index contributed by atoms with van der Waals surface area (Å²) < 4.78 is 39.3. The van der Waals surface area contributed by atoms with Gasteiger partial charge in [0.25, 0.3) is 0 Å². The van der Waals surface area contributed by atoms with Gasteiger partial charge in [-0.2, -0.15) is 13.2 Å². The van der Waals surface area contributed by atoms with Crippen LogP contribution in [0.25, 0.3) is 0 Å². The first-order valence-corrected chi connectivity index (χ1v) is 10.6. The van der Waals surface area contributed by atoms with E-state index in [1.54, 1.807) is 34.6 Å². The van der Waals surface area contributed by atoms with Crippen molar-refractivity contribution in [1.29, 1.82) is 0 Å². The van der Waals surface area contributed by atoms with Crippen LogP contribution in [0.4, 0.5) is 13.2 Å². The van der Waals surface area contributed by atoms with Crippen molar-refractivity contribution in [3.8, 4) is 0 Å². The van der Waals surface area contributed by atoms with Gasteiger partial charge in [-0.1, -0.05) is 12.1 Å². The van der Waals surface area contributed by atoms with Crippen LogP contribution < -0.4 is 0 Å². The zero-order chi connectivity index (χ0) is 20.3. The quantitative estimate of drug-likeness (QED) is 0.744. The van der Waals surface area contributed by atoms with E-state index in [1.807, 2.05) is 6.92 Å². The second-order valence-corrected chi connectivity index (χ2v) is 9.54. The van der Waals surface area contributed by atoms with Crippen molar-refractivity contribution >= 4 is 23.6 Å². The standard InChI is InChI=1S/C20H23F3N2O2S/c1-12(13-4-3-5-14(10-13)20(21,22)23)24(15-6-7-15)18(27)16-11-28-19(2)9-8-17(26)25(16)19/h3-5,10,12,15-16H,6-9,11H2,1-2H3. The van der Waals surface area contributed by atoms with Gasteiger partial charge in [-0.25, -0.2) is 0 Å². The number of thioether (sulfide) groups is 1. The van der Waals surface area contributed by atoms with Crippen molar-refractivity contribution in [2.75, 3.05) is 5.75 Å². The fourth-order valence-electron chi connectivity index (χ4n) is 4.35. The number of halogens is 3. The van der Waals surface area contributed by atoms with Crippen LogP contribution in [0.5, 0.6) is 0 Å². The van der Waals surface area contributed by atoms with E-state index < -0.39 is 23.8 Å². The average molecular weight is 412 g/mol. The van der Waals surface area contributed by atoms with E-state index in [0.717, 1.165) is 31.4 Å². The third-order valence-corrected chi connectivity index (χ3v) is 7.54. The molecule has 4 nitrogen and oxygen atoms in total. The maximum atomic E-state index is 13.5. The molecule has 2 aliphatic heterocycles. The SMILES string of the molecule is CC(c1cccc(C(F)(F)F)c1)N(C(=O)C1CSC2(C)CCC(=O)N12)C1CC1. The summed E-state index contributed by atoms with van der Waals surface area (Å²) in [6, 6.07) is 4.22. The van der Waals surface area contributed by atoms with Gasteiger partial charge in [0, 0.05) is 18.2 Å². The molecule has 4 rings (SSSR count). The fourth-order valence-corrected chi connectivity index (χ4v) is 5.77. The predicted octanol–water partition coefficient (Wildman–Crippen LogP) is 4.21. The Morgan fingerprint density at radius 1 is 1.36 bits per heavy atom. The minimum absolute atomic E-state index is 0.00619. The summed E-state index contributed by atoms with van der Waals surface area (Å²) in [5, 5.41) is 0. The number of benzene rings is 1.